The summed E-state index contributed by atoms with van der Waals surface area (Å²) in [5, 5.41) is 4.43. The summed E-state index contributed by atoms with van der Waals surface area (Å²) in [7, 11) is 1.82. The lowest BCUT2D eigenvalue weighted by atomic mass is 10.1. The van der Waals surface area contributed by atoms with Crippen molar-refractivity contribution >= 4 is 17.5 Å². The van der Waals surface area contributed by atoms with E-state index in [0.717, 1.165) is 38.3 Å². The van der Waals surface area contributed by atoms with Gasteiger partial charge in [0.2, 0.25) is 11.8 Å². The zero-order chi connectivity index (χ0) is 16.7. The summed E-state index contributed by atoms with van der Waals surface area (Å²) >= 11 is 0. The molecular weight excluding hydrogens is 310 g/mol. The summed E-state index contributed by atoms with van der Waals surface area (Å²) in [5.74, 6) is 0.242. The molecule has 1 aromatic heterocycles. The van der Waals surface area contributed by atoms with Crippen molar-refractivity contribution in [2.75, 3.05) is 51.3 Å². The predicted octanol–water partition coefficient (Wildman–Crippen LogP) is -0.276. The molecule has 2 amide bonds. The van der Waals surface area contributed by atoms with Crippen LogP contribution in [0.2, 0.25) is 0 Å². The molecule has 0 bridgehead atoms. The van der Waals surface area contributed by atoms with Crippen LogP contribution >= 0.6 is 0 Å². The largest absolute Gasteiger partial charge is 0.365 e. The second-order valence-electron chi connectivity index (χ2n) is 6.91. The molecule has 3 aliphatic rings. The number of anilines is 1. The minimum Gasteiger partial charge on any atom is -0.365 e. The first-order valence-electron chi connectivity index (χ1n) is 8.52. The highest BCUT2D eigenvalue weighted by Gasteiger charge is 2.33. The van der Waals surface area contributed by atoms with Crippen molar-refractivity contribution in [2.24, 2.45) is 0 Å². The summed E-state index contributed by atoms with van der Waals surface area (Å²) < 4.78 is 7.56. The zero-order valence-corrected chi connectivity index (χ0v) is 13.9. The Morgan fingerprint density at radius 3 is 2.79 bits per heavy atom. The minimum absolute atomic E-state index is 0.0493. The van der Waals surface area contributed by atoms with Gasteiger partial charge in [0.05, 0.1) is 24.0 Å². The molecule has 4 rings (SSSR count). The number of carbonyl (C=O) groups is 2. The van der Waals surface area contributed by atoms with Gasteiger partial charge in [0, 0.05) is 52.4 Å². The Hall–Kier alpha value is -1.93. The number of hydrogen-bond donors (Lipinski definition) is 0. The molecule has 1 aromatic rings. The molecule has 0 N–H and O–H groups in total. The predicted molar refractivity (Wildman–Crippen MR) is 86.7 cm³/mol. The average Bonchev–Trinajstić information content (AvgIpc) is 3.14. The molecule has 0 aromatic carbocycles. The highest BCUT2D eigenvalue weighted by Crippen LogP contribution is 2.26. The number of likely N-dealkylation sites (N-methyl/N-ethyl adjacent to an activating group) is 1. The molecular formula is C16H23N5O3. The quantitative estimate of drug-likeness (QED) is 0.758. The van der Waals surface area contributed by atoms with Gasteiger partial charge in [0.25, 0.3) is 0 Å². The van der Waals surface area contributed by atoms with Crippen molar-refractivity contribution in [1.82, 2.24) is 19.6 Å². The number of hydrogen-bond acceptors (Lipinski definition) is 5. The standard InChI is InChI=1S/C16H23N5O3/c1-18-9-14(24-11-16(18)23)10-19-6-13(7-19)21-8-12(5-17-21)20-4-2-3-15(20)22/h5,8,13-14H,2-4,6-7,9-11H2,1H3. The van der Waals surface area contributed by atoms with Crippen molar-refractivity contribution in [1.29, 1.82) is 0 Å². The number of rotatable bonds is 4. The lowest BCUT2D eigenvalue weighted by Gasteiger charge is -2.42. The number of amides is 2. The molecule has 0 spiro atoms. The van der Waals surface area contributed by atoms with Gasteiger partial charge in [-0.25, -0.2) is 0 Å². The molecule has 0 saturated carbocycles. The first-order chi connectivity index (χ1) is 11.6. The van der Waals surface area contributed by atoms with Crippen molar-refractivity contribution in [3.05, 3.63) is 12.4 Å². The van der Waals surface area contributed by atoms with E-state index in [4.69, 9.17) is 4.74 Å². The van der Waals surface area contributed by atoms with Gasteiger partial charge in [-0.15, -0.1) is 0 Å². The van der Waals surface area contributed by atoms with Crippen LogP contribution in [-0.2, 0) is 14.3 Å². The van der Waals surface area contributed by atoms with Crippen LogP contribution in [0.4, 0.5) is 5.69 Å². The Kier molecular flexibility index (Phi) is 4.01. The van der Waals surface area contributed by atoms with Gasteiger partial charge in [0.15, 0.2) is 0 Å². The van der Waals surface area contributed by atoms with Gasteiger partial charge in [-0.1, -0.05) is 0 Å². The van der Waals surface area contributed by atoms with E-state index in [1.165, 1.54) is 0 Å². The Morgan fingerprint density at radius 2 is 2.08 bits per heavy atom. The number of carbonyl (C=O) groups excluding carboxylic acids is 2. The summed E-state index contributed by atoms with van der Waals surface area (Å²) in [4.78, 5) is 29.1. The van der Waals surface area contributed by atoms with Crippen molar-refractivity contribution in [2.45, 2.75) is 25.0 Å². The summed E-state index contributed by atoms with van der Waals surface area (Å²) in [6.45, 7) is 4.33. The van der Waals surface area contributed by atoms with Gasteiger partial charge < -0.3 is 14.5 Å². The lowest BCUT2D eigenvalue weighted by Crippen LogP contribution is -2.55. The lowest BCUT2D eigenvalue weighted by molar-refractivity contribution is -0.148. The molecule has 0 radical (unpaired) electrons. The number of likely N-dealkylation sites (tertiary alicyclic amines) is 1. The van der Waals surface area contributed by atoms with E-state index in [2.05, 4.69) is 10.00 Å². The first-order valence-corrected chi connectivity index (χ1v) is 8.52. The van der Waals surface area contributed by atoms with Crippen LogP contribution in [0.5, 0.6) is 0 Å². The van der Waals surface area contributed by atoms with Crippen molar-refractivity contribution < 1.29 is 14.3 Å². The SMILES string of the molecule is CN1CC(CN2CC(n3cc(N4CCCC4=O)cn3)C2)OCC1=O. The minimum atomic E-state index is 0.0493. The zero-order valence-electron chi connectivity index (χ0n) is 13.9. The molecule has 3 fully saturated rings. The molecule has 24 heavy (non-hydrogen) atoms. The van der Waals surface area contributed by atoms with Crippen LogP contribution in [0.3, 0.4) is 0 Å². The second-order valence-corrected chi connectivity index (χ2v) is 6.91. The fraction of sp³-hybridized carbons (Fsp3) is 0.688. The van der Waals surface area contributed by atoms with Crippen LogP contribution in [-0.4, -0.2) is 83.9 Å². The third kappa shape index (κ3) is 2.91. The van der Waals surface area contributed by atoms with Gasteiger partial charge in [-0.3, -0.25) is 19.2 Å². The Bertz CT molecular complexity index is 639. The summed E-state index contributed by atoms with van der Waals surface area (Å²) in [6.07, 6.45) is 5.43. The van der Waals surface area contributed by atoms with Crippen LogP contribution in [0.25, 0.3) is 0 Å². The number of nitrogens with zero attached hydrogens (tertiary/aromatic N) is 5. The maximum atomic E-state index is 11.8. The molecule has 4 heterocycles. The number of morpholine rings is 1. The molecule has 1 atom stereocenters. The van der Waals surface area contributed by atoms with E-state index in [9.17, 15) is 9.59 Å². The average molecular weight is 333 g/mol. The maximum absolute atomic E-state index is 11.8. The van der Waals surface area contributed by atoms with Crippen LogP contribution < -0.4 is 4.90 Å². The molecule has 8 nitrogen and oxygen atoms in total. The smallest absolute Gasteiger partial charge is 0.248 e. The van der Waals surface area contributed by atoms with Crippen LogP contribution in [0.15, 0.2) is 12.4 Å². The van der Waals surface area contributed by atoms with Gasteiger partial charge in [-0.2, -0.15) is 5.10 Å². The van der Waals surface area contributed by atoms with Gasteiger partial charge >= 0.3 is 0 Å². The van der Waals surface area contributed by atoms with Crippen molar-refractivity contribution in [3.63, 3.8) is 0 Å². The highest BCUT2D eigenvalue weighted by molar-refractivity contribution is 5.95. The van der Waals surface area contributed by atoms with Crippen molar-refractivity contribution in [3.8, 4) is 0 Å². The molecule has 0 aliphatic carbocycles. The van der Waals surface area contributed by atoms with E-state index < -0.39 is 0 Å². The third-order valence-corrected chi connectivity index (χ3v) is 5.09. The topological polar surface area (TPSA) is 70.9 Å². The van der Waals surface area contributed by atoms with E-state index in [1.807, 2.05) is 22.8 Å². The van der Waals surface area contributed by atoms with E-state index in [-0.39, 0.29) is 24.5 Å². The molecule has 3 aliphatic heterocycles. The molecule has 130 valence electrons. The van der Waals surface area contributed by atoms with E-state index in [1.54, 1.807) is 11.1 Å². The normalized spacial score (nSPS) is 26.3. The Balaban J connectivity index is 1.28. The van der Waals surface area contributed by atoms with E-state index >= 15 is 0 Å². The van der Waals surface area contributed by atoms with Crippen LogP contribution in [0.1, 0.15) is 18.9 Å². The van der Waals surface area contributed by atoms with Gasteiger partial charge in [0.1, 0.15) is 6.61 Å². The van der Waals surface area contributed by atoms with Crippen LogP contribution in [0, 0.1) is 0 Å². The summed E-state index contributed by atoms with van der Waals surface area (Å²) in [5.41, 5.74) is 0.909. The third-order valence-electron chi connectivity index (χ3n) is 5.09. The summed E-state index contributed by atoms with van der Waals surface area (Å²) in [6, 6.07) is 0.347. The second kappa shape index (κ2) is 6.18. The van der Waals surface area contributed by atoms with E-state index in [0.29, 0.717) is 19.0 Å². The number of ether oxygens (including phenoxy) is 1. The Morgan fingerprint density at radius 1 is 1.25 bits per heavy atom. The molecule has 3 saturated heterocycles. The van der Waals surface area contributed by atoms with Gasteiger partial charge in [-0.05, 0) is 6.42 Å². The maximum Gasteiger partial charge on any atom is 0.248 e. The molecule has 8 heteroatoms. The fourth-order valence-electron chi connectivity index (χ4n) is 3.60. The Labute approximate surface area is 140 Å². The first kappa shape index (κ1) is 15.6. The fourth-order valence-corrected chi connectivity index (χ4v) is 3.60. The number of aromatic nitrogens is 2. The molecule has 1 unspecified atom stereocenters. The monoisotopic (exact) mass is 333 g/mol. The highest BCUT2D eigenvalue weighted by atomic mass is 16.5.